The van der Waals surface area contributed by atoms with Crippen molar-refractivity contribution in [2.45, 2.75) is 0 Å². The zero-order chi connectivity index (χ0) is 15.0. The molecule has 0 saturated heterocycles. The number of thiophene rings is 1. The van der Waals surface area contributed by atoms with E-state index in [-0.39, 0.29) is 16.6 Å². The molecule has 0 saturated carbocycles. The number of amides is 1. The van der Waals surface area contributed by atoms with Crippen LogP contribution < -0.4 is 11.1 Å². The van der Waals surface area contributed by atoms with Gasteiger partial charge in [0.1, 0.15) is 5.82 Å². The van der Waals surface area contributed by atoms with Crippen molar-refractivity contribution in [2.24, 2.45) is 0 Å². The third kappa shape index (κ3) is 2.84. The first-order valence-electron chi connectivity index (χ1n) is 6.08. The SMILES string of the molecule is Nc1ccc2sc(C(=O)Nc3ccc(Cl)cc3F)cc2c1. The Labute approximate surface area is 129 Å². The molecule has 6 heteroatoms. The molecule has 2 aromatic carbocycles. The van der Waals surface area contributed by atoms with Crippen molar-refractivity contribution in [3.05, 3.63) is 58.2 Å². The first kappa shape index (κ1) is 13.9. The molecule has 0 aliphatic carbocycles. The van der Waals surface area contributed by atoms with Crippen LogP contribution in [-0.4, -0.2) is 5.91 Å². The Kier molecular flexibility index (Phi) is 3.53. The number of nitrogen functional groups attached to an aromatic ring is 1. The molecular weight excluding hydrogens is 311 g/mol. The van der Waals surface area contributed by atoms with Crippen molar-refractivity contribution < 1.29 is 9.18 Å². The molecule has 0 aliphatic rings. The Morgan fingerprint density at radius 2 is 2.00 bits per heavy atom. The molecule has 3 nitrogen and oxygen atoms in total. The summed E-state index contributed by atoms with van der Waals surface area (Å²) < 4.78 is 14.6. The molecule has 3 aromatic rings. The number of nitrogens with two attached hydrogens (primary N) is 1. The Hall–Kier alpha value is -2.11. The summed E-state index contributed by atoms with van der Waals surface area (Å²) in [4.78, 5) is 12.7. The summed E-state index contributed by atoms with van der Waals surface area (Å²) in [6, 6.07) is 11.3. The minimum atomic E-state index is -0.568. The third-order valence-electron chi connectivity index (χ3n) is 2.94. The van der Waals surface area contributed by atoms with Gasteiger partial charge in [0, 0.05) is 15.4 Å². The smallest absolute Gasteiger partial charge is 0.265 e. The number of carbonyl (C=O) groups is 1. The second-order valence-corrected chi connectivity index (χ2v) is 6.01. The van der Waals surface area contributed by atoms with E-state index in [1.165, 1.54) is 23.5 Å². The number of anilines is 2. The largest absolute Gasteiger partial charge is 0.399 e. The van der Waals surface area contributed by atoms with Crippen molar-refractivity contribution >= 4 is 50.3 Å². The average Bonchev–Trinajstić information content (AvgIpc) is 2.85. The van der Waals surface area contributed by atoms with Crippen molar-refractivity contribution in [3.63, 3.8) is 0 Å². The summed E-state index contributed by atoms with van der Waals surface area (Å²) in [6.45, 7) is 0. The summed E-state index contributed by atoms with van der Waals surface area (Å²) in [7, 11) is 0. The Morgan fingerprint density at radius 1 is 1.19 bits per heavy atom. The molecule has 1 aromatic heterocycles. The lowest BCUT2D eigenvalue weighted by atomic mass is 10.2. The van der Waals surface area contributed by atoms with Gasteiger partial charge in [0.25, 0.3) is 5.91 Å². The maximum atomic E-state index is 13.7. The Morgan fingerprint density at radius 3 is 2.76 bits per heavy atom. The topological polar surface area (TPSA) is 55.1 Å². The van der Waals surface area contributed by atoms with E-state index in [1.54, 1.807) is 18.2 Å². The highest BCUT2D eigenvalue weighted by Crippen LogP contribution is 2.28. The molecule has 106 valence electrons. The molecule has 0 aliphatic heterocycles. The summed E-state index contributed by atoms with van der Waals surface area (Å²) in [5, 5.41) is 3.71. The Bertz CT molecular complexity index is 847. The highest BCUT2D eigenvalue weighted by molar-refractivity contribution is 7.20. The lowest BCUT2D eigenvalue weighted by molar-refractivity contribution is 0.103. The molecular formula is C15H10ClFN2OS. The number of hydrogen-bond acceptors (Lipinski definition) is 3. The van der Waals surface area contributed by atoms with Crippen LogP contribution in [0.2, 0.25) is 5.02 Å². The van der Waals surface area contributed by atoms with Crippen LogP contribution in [0.1, 0.15) is 9.67 Å². The highest BCUT2D eigenvalue weighted by atomic mass is 35.5. The first-order valence-corrected chi connectivity index (χ1v) is 7.28. The monoisotopic (exact) mass is 320 g/mol. The van der Waals surface area contributed by atoms with Gasteiger partial charge in [-0.25, -0.2) is 4.39 Å². The third-order valence-corrected chi connectivity index (χ3v) is 4.29. The normalized spacial score (nSPS) is 10.8. The lowest BCUT2D eigenvalue weighted by Gasteiger charge is -2.04. The molecule has 3 N–H and O–H groups in total. The van der Waals surface area contributed by atoms with Gasteiger partial charge in [0.2, 0.25) is 0 Å². The molecule has 0 radical (unpaired) electrons. The van der Waals surface area contributed by atoms with Gasteiger partial charge in [-0.15, -0.1) is 11.3 Å². The van der Waals surface area contributed by atoms with Crippen LogP contribution in [0.4, 0.5) is 15.8 Å². The van der Waals surface area contributed by atoms with Crippen molar-refractivity contribution in [1.29, 1.82) is 0 Å². The fourth-order valence-corrected chi connectivity index (χ4v) is 3.05. The Balaban J connectivity index is 1.89. The fourth-order valence-electron chi connectivity index (χ4n) is 1.95. The van der Waals surface area contributed by atoms with E-state index >= 15 is 0 Å². The number of fused-ring (bicyclic) bond motifs is 1. The minimum Gasteiger partial charge on any atom is -0.399 e. The van der Waals surface area contributed by atoms with E-state index in [0.717, 1.165) is 16.2 Å². The van der Waals surface area contributed by atoms with Gasteiger partial charge >= 0.3 is 0 Å². The molecule has 0 fully saturated rings. The molecule has 1 amide bonds. The molecule has 21 heavy (non-hydrogen) atoms. The summed E-state index contributed by atoms with van der Waals surface area (Å²) in [5.41, 5.74) is 6.44. The number of hydrogen-bond donors (Lipinski definition) is 2. The quantitative estimate of drug-likeness (QED) is 0.682. The van der Waals surface area contributed by atoms with Crippen LogP contribution >= 0.6 is 22.9 Å². The number of rotatable bonds is 2. The predicted molar refractivity (Wildman–Crippen MR) is 85.6 cm³/mol. The van der Waals surface area contributed by atoms with Crippen LogP contribution in [0.5, 0.6) is 0 Å². The van der Waals surface area contributed by atoms with Crippen molar-refractivity contribution in [2.75, 3.05) is 11.1 Å². The maximum absolute atomic E-state index is 13.7. The van der Waals surface area contributed by atoms with E-state index in [1.807, 2.05) is 6.07 Å². The van der Waals surface area contributed by atoms with Gasteiger partial charge < -0.3 is 11.1 Å². The van der Waals surface area contributed by atoms with Gasteiger partial charge in [-0.3, -0.25) is 4.79 Å². The molecule has 3 rings (SSSR count). The zero-order valence-electron chi connectivity index (χ0n) is 10.7. The summed E-state index contributed by atoms with van der Waals surface area (Å²) >= 11 is 7.00. The predicted octanol–water partition coefficient (Wildman–Crippen LogP) is 4.53. The molecule has 0 spiro atoms. The fraction of sp³-hybridized carbons (Fsp3) is 0. The van der Waals surface area contributed by atoms with Gasteiger partial charge in [-0.1, -0.05) is 11.6 Å². The maximum Gasteiger partial charge on any atom is 0.265 e. The van der Waals surface area contributed by atoms with Crippen LogP contribution in [0.15, 0.2) is 42.5 Å². The van der Waals surface area contributed by atoms with E-state index in [4.69, 9.17) is 17.3 Å². The van der Waals surface area contributed by atoms with Crippen LogP contribution in [0, 0.1) is 5.82 Å². The van der Waals surface area contributed by atoms with E-state index in [2.05, 4.69) is 5.32 Å². The second kappa shape index (κ2) is 5.35. The summed E-state index contributed by atoms with van der Waals surface area (Å²) in [6.07, 6.45) is 0. The van der Waals surface area contributed by atoms with Gasteiger partial charge in [-0.05, 0) is 47.9 Å². The number of nitrogens with one attached hydrogen (secondary N) is 1. The van der Waals surface area contributed by atoms with E-state index < -0.39 is 5.82 Å². The van der Waals surface area contributed by atoms with E-state index in [9.17, 15) is 9.18 Å². The van der Waals surface area contributed by atoms with Gasteiger partial charge in [-0.2, -0.15) is 0 Å². The molecule has 0 bridgehead atoms. The van der Waals surface area contributed by atoms with Crippen molar-refractivity contribution in [1.82, 2.24) is 0 Å². The second-order valence-electron chi connectivity index (χ2n) is 4.49. The molecule has 0 atom stereocenters. The minimum absolute atomic E-state index is 0.0985. The number of carbonyl (C=O) groups excluding carboxylic acids is 1. The first-order chi connectivity index (χ1) is 10.0. The highest BCUT2D eigenvalue weighted by Gasteiger charge is 2.13. The van der Waals surface area contributed by atoms with E-state index in [0.29, 0.717) is 10.6 Å². The average molecular weight is 321 g/mol. The molecule has 1 heterocycles. The van der Waals surface area contributed by atoms with Crippen LogP contribution in [-0.2, 0) is 0 Å². The standard InChI is InChI=1S/C15H10ClFN2OS/c16-9-1-3-12(11(17)7-9)19-15(20)14-6-8-5-10(18)2-4-13(8)21-14/h1-7H,18H2,(H,19,20). The van der Waals surface area contributed by atoms with Gasteiger partial charge in [0.05, 0.1) is 10.6 Å². The van der Waals surface area contributed by atoms with Crippen LogP contribution in [0.25, 0.3) is 10.1 Å². The van der Waals surface area contributed by atoms with Gasteiger partial charge in [0.15, 0.2) is 0 Å². The summed E-state index contributed by atoms with van der Waals surface area (Å²) in [5.74, 6) is -0.933. The van der Waals surface area contributed by atoms with Crippen LogP contribution in [0.3, 0.4) is 0 Å². The molecule has 0 unspecified atom stereocenters. The number of benzene rings is 2. The zero-order valence-corrected chi connectivity index (χ0v) is 12.3. The number of halogens is 2. The van der Waals surface area contributed by atoms with Crippen molar-refractivity contribution in [3.8, 4) is 0 Å². The lowest BCUT2D eigenvalue weighted by Crippen LogP contribution is -2.11.